The van der Waals surface area contributed by atoms with Crippen molar-refractivity contribution in [1.82, 2.24) is 10.4 Å². The molecule has 0 bridgehead atoms. The zero-order valence-corrected chi connectivity index (χ0v) is 13.6. The van der Waals surface area contributed by atoms with Gasteiger partial charge in [-0.25, -0.2) is 10.4 Å². The Morgan fingerprint density at radius 2 is 2.33 bits per heavy atom. The Bertz CT molecular complexity index is 545. The first-order chi connectivity index (χ1) is 10.2. The third kappa shape index (κ3) is 5.08. The van der Waals surface area contributed by atoms with Gasteiger partial charge >= 0.3 is 0 Å². The number of rotatable bonds is 7. The van der Waals surface area contributed by atoms with Gasteiger partial charge in [-0.15, -0.1) is 11.3 Å². The number of carbonyl (C=O) groups is 1. The summed E-state index contributed by atoms with van der Waals surface area (Å²) < 4.78 is 0. The van der Waals surface area contributed by atoms with E-state index in [1.807, 2.05) is 12.3 Å². The van der Waals surface area contributed by atoms with Gasteiger partial charge in [-0.05, 0) is 38.2 Å². The summed E-state index contributed by atoms with van der Waals surface area (Å²) in [6, 6.07) is 0. The van der Waals surface area contributed by atoms with E-state index in [0.717, 1.165) is 35.7 Å². The van der Waals surface area contributed by atoms with Gasteiger partial charge < -0.3 is 0 Å². The van der Waals surface area contributed by atoms with E-state index in [2.05, 4.69) is 28.5 Å². The average Bonchev–Trinajstić information content (AvgIpc) is 3.06. The Balaban J connectivity index is 1.82. The van der Waals surface area contributed by atoms with E-state index >= 15 is 0 Å². The number of hydrazone groups is 1. The number of nitrogens with zero attached hydrogens (tertiary/aromatic N) is 2. The second kappa shape index (κ2) is 8.08. The van der Waals surface area contributed by atoms with E-state index in [4.69, 9.17) is 0 Å². The molecule has 2 rings (SSSR count). The van der Waals surface area contributed by atoms with Crippen molar-refractivity contribution >= 4 is 23.0 Å². The number of unbranched alkanes of at least 4 members (excludes halogenated alkanes) is 2. The molecule has 0 saturated carbocycles. The lowest BCUT2D eigenvalue weighted by Gasteiger charge is -2.05. The van der Waals surface area contributed by atoms with Crippen LogP contribution in [0.5, 0.6) is 0 Å². The van der Waals surface area contributed by atoms with Crippen molar-refractivity contribution in [3.8, 4) is 0 Å². The highest BCUT2D eigenvalue weighted by atomic mass is 32.1. The van der Waals surface area contributed by atoms with Crippen LogP contribution in [0.2, 0.25) is 0 Å². The molecule has 1 aromatic heterocycles. The fourth-order valence-electron chi connectivity index (χ4n) is 2.42. The molecule has 0 atom stereocenters. The molecule has 0 saturated heterocycles. The van der Waals surface area contributed by atoms with Gasteiger partial charge in [-0.2, -0.15) is 5.10 Å². The molecule has 1 aliphatic rings. The van der Waals surface area contributed by atoms with Crippen LogP contribution in [0.4, 0.5) is 0 Å². The monoisotopic (exact) mass is 305 g/mol. The quantitative estimate of drug-likeness (QED) is 0.616. The molecule has 21 heavy (non-hydrogen) atoms. The van der Waals surface area contributed by atoms with E-state index in [1.165, 1.54) is 24.8 Å². The normalized spacial score (nSPS) is 16.3. The molecule has 0 radical (unpaired) electrons. The minimum Gasteiger partial charge on any atom is -0.273 e. The molecule has 1 aliphatic carbocycles. The maximum atomic E-state index is 11.9. The highest BCUT2D eigenvalue weighted by molar-refractivity contribution is 7.09. The van der Waals surface area contributed by atoms with Gasteiger partial charge in [0.15, 0.2) is 0 Å². The average molecular weight is 305 g/mol. The van der Waals surface area contributed by atoms with Crippen LogP contribution < -0.4 is 5.43 Å². The number of amides is 1. The lowest BCUT2D eigenvalue weighted by Crippen LogP contribution is -2.21. The van der Waals surface area contributed by atoms with Crippen molar-refractivity contribution in [2.24, 2.45) is 5.10 Å². The third-order valence-corrected chi connectivity index (χ3v) is 4.34. The Hall–Kier alpha value is -1.49. The maximum Gasteiger partial charge on any atom is 0.246 e. The van der Waals surface area contributed by atoms with E-state index < -0.39 is 0 Å². The Kier molecular flexibility index (Phi) is 6.11. The molecular weight excluding hydrogens is 282 g/mol. The Morgan fingerprint density at radius 3 is 3.05 bits per heavy atom. The number of thiazole rings is 1. The number of carbonyl (C=O) groups excluding carboxylic acids is 1. The minimum absolute atomic E-state index is 0.0902. The van der Waals surface area contributed by atoms with Crippen LogP contribution >= 0.6 is 11.3 Å². The van der Waals surface area contributed by atoms with E-state index in [9.17, 15) is 4.79 Å². The van der Waals surface area contributed by atoms with Gasteiger partial charge in [0.2, 0.25) is 5.91 Å². The molecule has 4 nitrogen and oxygen atoms in total. The maximum absolute atomic E-state index is 11.9. The van der Waals surface area contributed by atoms with Gasteiger partial charge in [0, 0.05) is 5.38 Å². The third-order valence-electron chi connectivity index (χ3n) is 3.52. The van der Waals surface area contributed by atoms with Crippen LogP contribution in [0.15, 0.2) is 22.1 Å². The first kappa shape index (κ1) is 15.9. The highest BCUT2D eigenvalue weighted by Gasteiger charge is 2.13. The van der Waals surface area contributed by atoms with Crippen molar-refractivity contribution in [3.05, 3.63) is 27.7 Å². The molecule has 1 amide bonds. The summed E-state index contributed by atoms with van der Waals surface area (Å²) in [5, 5.41) is 7.22. The predicted molar refractivity (Wildman–Crippen MR) is 87.6 cm³/mol. The van der Waals surface area contributed by atoms with Crippen molar-refractivity contribution in [2.75, 3.05) is 0 Å². The molecule has 1 aromatic rings. The topological polar surface area (TPSA) is 54.4 Å². The van der Waals surface area contributed by atoms with Crippen LogP contribution in [0.3, 0.4) is 0 Å². The molecule has 0 spiro atoms. The Labute approximate surface area is 130 Å². The SMILES string of the molecule is CCCCCC1=CCC/C1=N/NC(=O)Cc1csc(C)n1. The van der Waals surface area contributed by atoms with Crippen molar-refractivity contribution in [1.29, 1.82) is 0 Å². The second-order valence-corrected chi connectivity index (χ2v) is 6.42. The van der Waals surface area contributed by atoms with Crippen LogP contribution in [0.25, 0.3) is 0 Å². The smallest absolute Gasteiger partial charge is 0.246 e. The summed E-state index contributed by atoms with van der Waals surface area (Å²) in [5.41, 5.74) is 5.86. The minimum atomic E-state index is -0.0902. The molecule has 0 fully saturated rings. The van der Waals surface area contributed by atoms with Gasteiger partial charge in [0.1, 0.15) is 0 Å². The number of hydrogen-bond donors (Lipinski definition) is 1. The summed E-state index contributed by atoms with van der Waals surface area (Å²) in [6.45, 7) is 4.15. The van der Waals surface area contributed by atoms with Gasteiger partial charge in [0.25, 0.3) is 0 Å². The van der Waals surface area contributed by atoms with Crippen LogP contribution in [-0.2, 0) is 11.2 Å². The summed E-state index contributed by atoms with van der Waals surface area (Å²) in [4.78, 5) is 16.2. The fraction of sp³-hybridized carbons (Fsp3) is 0.562. The molecule has 0 unspecified atom stereocenters. The lowest BCUT2D eigenvalue weighted by molar-refractivity contribution is -0.120. The highest BCUT2D eigenvalue weighted by Crippen LogP contribution is 2.21. The number of hydrogen-bond acceptors (Lipinski definition) is 4. The predicted octanol–water partition coefficient (Wildman–Crippen LogP) is 3.77. The molecule has 5 heteroatoms. The summed E-state index contributed by atoms with van der Waals surface area (Å²) in [7, 11) is 0. The second-order valence-electron chi connectivity index (χ2n) is 5.35. The van der Waals surface area contributed by atoms with E-state index in [0.29, 0.717) is 6.42 Å². The van der Waals surface area contributed by atoms with Gasteiger partial charge in [-0.1, -0.05) is 25.8 Å². The molecule has 1 heterocycles. The zero-order chi connectivity index (χ0) is 15.1. The standard InChI is InChI=1S/C16H23N3OS/c1-3-4-5-7-13-8-6-9-15(13)18-19-16(20)10-14-11-21-12(2)17-14/h8,11H,3-7,9-10H2,1-2H3,(H,19,20)/b18-15-. The largest absolute Gasteiger partial charge is 0.273 e. The zero-order valence-electron chi connectivity index (χ0n) is 12.8. The first-order valence-electron chi connectivity index (χ1n) is 7.65. The van der Waals surface area contributed by atoms with Crippen molar-refractivity contribution in [3.63, 3.8) is 0 Å². The summed E-state index contributed by atoms with van der Waals surface area (Å²) >= 11 is 1.57. The van der Waals surface area contributed by atoms with E-state index in [1.54, 1.807) is 11.3 Å². The number of aryl methyl sites for hydroxylation is 1. The molecule has 0 aromatic carbocycles. The Morgan fingerprint density at radius 1 is 1.48 bits per heavy atom. The molecule has 1 N–H and O–H groups in total. The van der Waals surface area contributed by atoms with Gasteiger partial charge in [-0.3, -0.25) is 4.79 Å². The number of aromatic nitrogens is 1. The van der Waals surface area contributed by atoms with E-state index in [-0.39, 0.29) is 5.91 Å². The molecule has 0 aliphatic heterocycles. The first-order valence-corrected chi connectivity index (χ1v) is 8.52. The number of nitrogens with one attached hydrogen (secondary N) is 1. The molecule has 114 valence electrons. The molecular formula is C16H23N3OS. The van der Waals surface area contributed by atoms with Gasteiger partial charge in [0.05, 0.1) is 22.8 Å². The van der Waals surface area contributed by atoms with Crippen LogP contribution in [-0.4, -0.2) is 16.6 Å². The summed E-state index contributed by atoms with van der Waals surface area (Å²) in [6.07, 6.45) is 9.30. The van der Waals surface area contributed by atoms with Crippen LogP contribution in [0, 0.1) is 6.92 Å². The van der Waals surface area contributed by atoms with Crippen molar-refractivity contribution in [2.45, 2.75) is 58.8 Å². The lowest BCUT2D eigenvalue weighted by atomic mass is 10.1. The van der Waals surface area contributed by atoms with Crippen molar-refractivity contribution < 1.29 is 4.79 Å². The fourth-order valence-corrected chi connectivity index (χ4v) is 3.04. The summed E-state index contributed by atoms with van der Waals surface area (Å²) in [5.74, 6) is -0.0902. The van der Waals surface area contributed by atoms with Crippen LogP contribution in [0.1, 0.15) is 56.2 Å². The number of allylic oxidation sites excluding steroid dienone is 2.